The summed E-state index contributed by atoms with van der Waals surface area (Å²) in [5.41, 5.74) is 0.634. The van der Waals surface area contributed by atoms with Crippen LogP contribution in [0.15, 0.2) is 30.3 Å². The van der Waals surface area contributed by atoms with E-state index in [2.05, 4.69) is 0 Å². The molecule has 1 saturated heterocycles. The minimum Gasteiger partial charge on any atom is -0.457 e. The molecule has 2 nitrogen and oxygen atoms in total. The lowest BCUT2D eigenvalue weighted by Crippen LogP contribution is -2.19. The first-order valence-electron chi connectivity index (χ1n) is 4.37. The first kappa shape index (κ1) is 9.93. The van der Waals surface area contributed by atoms with Gasteiger partial charge in [-0.15, -0.1) is 0 Å². The molecule has 2 rings (SSSR count). The van der Waals surface area contributed by atoms with Gasteiger partial charge in [-0.3, -0.25) is 0 Å². The molecule has 0 bridgehead atoms. The second-order valence-corrected chi connectivity index (χ2v) is 5.51. The summed E-state index contributed by atoms with van der Waals surface area (Å²) in [6.07, 6.45) is 0.0812. The van der Waals surface area contributed by atoms with E-state index in [1.54, 1.807) is 33.7 Å². The summed E-state index contributed by atoms with van der Waals surface area (Å²) >= 11 is 0. The minimum absolute atomic E-state index is 0.0812. The van der Waals surface area contributed by atoms with Crippen molar-refractivity contribution in [1.82, 2.24) is 0 Å². The highest BCUT2D eigenvalue weighted by molar-refractivity contribution is 8.77. The SMILES string of the molecule is O=C(OC1CSSC1)c1ccccc1. The van der Waals surface area contributed by atoms with Crippen LogP contribution in [0.2, 0.25) is 0 Å². The number of carbonyl (C=O) groups excluding carboxylic acids is 1. The van der Waals surface area contributed by atoms with E-state index in [-0.39, 0.29) is 12.1 Å². The van der Waals surface area contributed by atoms with Gasteiger partial charge in [-0.1, -0.05) is 39.8 Å². The zero-order chi connectivity index (χ0) is 9.80. The molecule has 1 aromatic carbocycles. The van der Waals surface area contributed by atoms with Crippen molar-refractivity contribution in [1.29, 1.82) is 0 Å². The van der Waals surface area contributed by atoms with Gasteiger partial charge >= 0.3 is 5.97 Å². The van der Waals surface area contributed by atoms with Gasteiger partial charge in [-0.25, -0.2) is 4.79 Å². The Balaban J connectivity index is 1.95. The minimum atomic E-state index is -0.210. The Labute approximate surface area is 90.8 Å². The molecule has 0 saturated carbocycles. The summed E-state index contributed by atoms with van der Waals surface area (Å²) in [5, 5.41) is 0. The van der Waals surface area contributed by atoms with Crippen LogP contribution in [0.1, 0.15) is 10.4 Å². The molecular formula is C10H10O2S2. The quantitative estimate of drug-likeness (QED) is 0.572. The Morgan fingerprint density at radius 2 is 1.86 bits per heavy atom. The molecule has 14 heavy (non-hydrogen) atoms. The third-order valence-corrected chi connectivity index (χ3v) is 4.37. The molecule has 1 aliphatic heterocycles. The zero-order valence-corrected chi connectivity index (χ0v) is 9.14. The third-order valence-electron chi connectivity index (χ3n) is 1.87. The van der Waals surface area contributed by atoms with Gasteiger partial charge in [-0.05, 0) is 12.1 Å². The summed E-state index contributed by atoms with van der Waals surface area (Å²) in [6, 6.07) is 9.12. The van der Waals surface area contributed by atoms with E-state index in [4.69, 9.17) is 4.74 Å². The zero-order valence-electron chi connectivity index (χ0n) is 7.51. The van der Waals surface area contributed by atoms with E-state index < -0.39 is 0 Å². The Kier molecular flexibility index (Phi) is 3.37. The fourth-order valence-electron chi connectivity index (χ4n) is 1.16. The van der Waals surface area contributed by atoms with E-state index in [0.29, 0.717) is 5.56 Å². The van der Waals surface area contributed by atoms with Gasteiger partial charge in [0.05, 0.1) is 5.56 Å². The maximum Gasteiger partial charge on any atom is 0.338 e. The van der Waals surface area contributed by atoms with E-state index in [9.17, 15) is 4.79 Å². The second kappa shape index (κ2) is 4.75. The summed E-state index contributed by atoms with van der Waals surface area (Å²) in [7, 11) is 3.52. The summed E-state index contributed by atoms with van der Waals surface area (Å²) < 4.78 is 5.32. The van der Waals surface area contributed by atoms with Crippen LogP contribution in [0.25, 0.3) is 0 Å². The van der Waals surface area contributed by atoms with E-state index >= 15 is 0 Å². The highest BCUT2D eigenvalue weighted by Gasteiger charge is 2.20. The first-order valence-corrected chi connectivity index (χ1v) is 6.85. The summed E-state index contributed by atoms with van der Waals surface area (Å²) in [5.74, 6) is 1.60. The van der Waals surface area contributed by atoms with Crippen LogP contribution in [0, 0.1) is 0 Å². The van der Waals surface area contributed by atoms with Crippen LogP contribution >= 0.6 is 21.6 Å². The summed E-state index contributed by atoms with van der Waals surface area (Å²) in [6.45, 7) is 0. The van der Waals surface area contributed by atoms with Crippen molar-refractivity contribution in [3.05, 3.63) is 35.9 Å². The number of hydrogen-bond donors (Lipinski definition) is 0. The molecule has 0 aromatic heterocycles. The monoisotopic (exact) mass is 226 g/mol. The molecule has 0 atom stereocenters. The smallest absolute Gasteiger partial charge is 0.338 e. The number of benzene rings is 1. The standard InChI is InChI=1S/C10H10O2S2/c11-10(8-4-2-1-3-5-8)12-9-6-13-14-7-9/h1-5,9H,6-7H2. The molecule has 74 valence electrons. The van der Waals surface area contributed by atoms with E-state index in [1.165, 1.54) is 0 Å². The fraction of sp³-hybridized carbons (Fsp3) is 0.300. The lowest BCUT2D eigenvalue weighted by atomic mass is 10.2. The number of hydrogen-bond acceptors (Lipinski definition) is 4. The van der Waals surface area contributed by atoms with Crippen LogP contribution in [-0.4, -0.2) is 23.6 Å². The Morgan fingerprint density at radius 1 is 1.21 bits per heavy atom. The number of ether oxygens (including phenoxy) is 1. The molecule has 0 radical (unpaired) electrons. The maximum atomic E-state index is 11.6. The van der Waals surface area contributed by atoms with Crippen molar-refractivity contribution in [2.24, 2.45) is 0 Å². The molecule has 0 spiro atoms. The van der Waals surface area contributed by atoms with Crippen molar-refractivity contribution in [2.45, 2.75) is 6.10 Å². The molecular weight excluding hydrogens is 216 g/mol. The Bertz CT molecular complexity index is 307. The van der Waals surface area contributed by atoms with Crippen molar-refractivity contribution in [3.8, 4) is 0 Å². The molecule has 1 aromatic rings. The van der Waals surface area contributed by atoms with Gasteiger partial charge in [0.15, 0.2) is 0 Å². The van der Waals surface area contributed by atoms with Gasteiger partial charge in [0.1, 0.15) is 6.10 Å². The predicted molar refractivity (Wildman–Crippen MR) is 60.6 cm³/mol. The summed E-state index contributed by atoms with van der Waals surface area (Å²) in [4.78, 5) is 11.6. The second-order valence-electron chi connectivity index (χ2n) is 2.96. The van der Waals surface area contributed by atoms with Crippen LogP contribution < -0.4 is 0 Å². The first-order chi connectivity index (χ1) is 6.86. The third kappa shape index (κ3) is 2.45. The molecule has 1 aliphatic rings. The Hall–Kier alpha value is -0.610. The van der Waals surface area contributed by atoms with E-state index in [0.717, 1.165) is 11.5 Å². The lowest BCUT2D eigenvalue weighted by Gasteiger charge is -2.09. The normalized spacial score (nSPS) is 16.9. The highest BCUT2D eigenvalue weighted by Crippen LogP contribution is 2.32. The van der Waals surface area contributed by atoms with Crippen molar-refractivity contribution < 1.29 is 9.53 Å². The average molecular weight is 226 g/mol. The van der Waals surface area contributed by atoms with Gasteiger partial charge in [0, 0.05) is 11.5 Å². The molecule has 4 heteroatoms. The lowest BCUT2D eigenvalue weighted by molar-refractivity contribution is 0.0397. The van der Waals surface area contributed by atoms with Gasteiger partial charge in [0.2, 0.25) is 0 Å². The molecule has 1 fully saturated rings. The van der Waals surface area contributed by atoms with Crippen molar-refractivity contribution in [3.63, 3.8) is 0 Å². The average Bonchev–Trinajstić information content (AvgIpc) is 2.72. The predicted octanol–water partition coefficient (Wildman–Crippen LogP) is 2.61. The van der Waals surface area contributed by atoms with Gasteiger partial charge in [-0.2, -0.15) is 0 Å². The molecule has 0 N–H and O–H groups in total. The van der Waals surface area contributed by atoms with Crippen LogP contribution in [0.4, 0.5) is 0 Å². The Morgan fingerprint density at radius 3 is 2.50 bits per heavy atom. The molecule has 0 aliphatic carbocycles. The van der Waals surface area contributed by atoms with Crippen molar-refractivity contribution >= 4 is 27.6 Å². The fourth-order valence-corrected chi connectivity index (χ4v) is 3.66. The number of esters is 1. The van der Waals surface area contributed by atoms with Crippen LogP contribution in [0.5, 0.6) is 0 Å². The van der Waals surface area contributed by atoms with Crippen LogP contribution in [-0.2, 0) is 4.74 Å². The van der Waals surface area contributed by atoms with Gasteiger partial charge < -0.3 is 4.74 Å². The number of carbonyl (C=O) groups is 1. The largest absolute Gasteiger partial charge is 0.457 e. The number of rotatable bonds is 2. The molecule has 0 amide bonds. The van der Waals surface area contributed by atoms with Crippen molar-refractivity contribution in [2.75, 3.05) is 11.5 Å². The van der Waals surface area contributed by atoms with Gasteiger partial charge in [0.25, 0.3) is 0 Å². The van der Waals surface area contributed by atoms with Crippen LogP contribution in [0.3, 0.4) is 0 Å². The highest BCUT2D eigenvalue weighted by atomic mass is 33.1. The maximum absolute atomic E-state index is 11.6. The topological polar surface area (TPSA) is 26.3 Å². The molecule has 1 heterocycles. The molecule has 0 unspecified atom stereocenters. The van der Waals surface area contributed by atoms with E-state index in [1.807, 2.05) is 18.2 Å².